The average molecular weight is 271 g/mol. The maximum absolute atomic E-state index is 13.5. The van der Waals surface area contributed by atoms with Crippen molar-refractivity contribution in [1.82, 2.24) is 4.90 Å². The predicted octanol–water partition coefficient (Wildman–Crippen LogP) is 2.03. The lowest BCUT2D eigenvalue weighted by Crippen LogP contribution is -2.38. The van der Waals surface area contributed by atoms with Gasteiger partial charge in [-0.25, -0.2) is 8.78 Å². The van der Waals surface area contributed by atoms with Crippen LogP contribution in [0, 0.1) is 17.6 Å². The Morgan fingerprint density at radius 2 is 1.84 bits per heavy atom. The van der Waals surface area contributed by atoms with Crippen LogP contribution in [0.3, 0.4) is 0 Å². The molecule has 1 N–H and O–H groups in total. The maximum atomic E-state index is 13.5. The molecule has 6 heteroatoms. The zero-order valence-electron chi connectivity index (χ0n) is 10.7. The number of carboxylic acid groups (broad SMARTS) is 1. The van der Waals surface area contributed by atoms with Crippen LogP contribution in [-0.2, 0) is 16.1 Å². The largest absolute Gasteiger partial charge is 0.481 e. The number of nitrogens with zero attached hydrogens (tertiary/aromatic N) is 1. The van der Waals surface area contributed by atoms with Crippen molar-refractivity contribution in [1.29, 1.82) is 0 Å². The van der Waals surface area contributed by atoms with E-state index in [1.807, 2.05) is 0 Å². The summed E-state index contributed by atoms with van der Waals surface area (Å²) in [4.78, 5) is 23.7. The molecule has 1 aromatic carbocycles. The molecule has 1 rings (SSSR count). The Morgan fingerprint density at radius 3 is 2.26 bits per heavy atom. The quantitative estimate of drug-likeness (QED) is 0.834. The lowest BCUT2D eigenvalue weighted by molar-refractivity contribution is -0.150. The van der Waals surface area contributed by atoms with E-state index in [0.29, 0.717) is 0 Å². The molecule has 0 saturated carbocycles. The molecule has 0 bridgehead atoms. The minimum atomic E-state index is -1.27. The molecular weight excluding hydrogens is 256 g/mol. The van der Waals surface area contributed by atoms with Gasteiger partial charge in [0.1, 0.15) is 17.6 Å². The minimum absolute atomic E-state index is 0.171. The monoisotopic (exact) mass is 271 g/mol. The second-order valence-electron chi connectivity index (χ2n) is 4.11. The molecule has 0 aromatic heterocycles. The lowest BCUT2D eigenvalue weighted by atomic mass is 10.1. The first-order chi connectivity index (χ1) is 8.88. The van der Waals surface area contributed by atoms with Crippen molar-refractivity contribution in [2.45, 2.75) is 20.4 Å². The highest BCUT2D eigenvalue weighted by Gasteiger charge is 2.26. The molecule has 0 fully saturated rings. The summed E-state index contributed by atoms with van der Waals surface area (Å²) >= 11 is 0. The smallest absolute Gasteiger partial charge is 0.315 e. The molecule has 0 saturated heterocycles. The van der Waals surface area contributed by atoms with E-state index in [1.165, 1.54) is 13.0 Å². The summed E-state index contributed by atoms with van der Waals surface area (Å²) < 4.78 is 27.0. The fourth-order valence-electron chi connectivity index (χ4n) is 1.60. The van der Waals surface area contributed by atoms with Crippen LogP contribution in [0.2, 0.25) is 0 Å². The number of hydrogen-bond donors (Lipinski definition) is 1. The van der Waals surface area contributed by atoms with Crippen LogP contribution in [0.4, 0.5) is 8.78 Å². The lowest BCUT2D eigenvalue weighted by Gasteiger charge is -2.23. The van der Waals surface area contributed by atoms with Crippen molar-refractivity contribution in [3.05, 3.63) is 35.4 Å². The van der Waals surface area contributed by atoms with Crippen LogP contribution in [0.15, 0.2) is 18.2 Å². The molecule has 0 aliphatic rings. The second-order valence-corrected chi connectivity index (χ2v) is 4.11. The Balaban J connectivity index is 2.94. The normalized spacial score (nSPS) is 12.0. The SMILES string of the molecule is CCN(Cc1c(F)cccc1F)C(=O)C(C)C(=O)O. The molecule has 1 atom stereocenters. The van der Waals surface area contributed by atoms with E-state index in [4.69, 9.17) is 5.11 Å². The van der Waals surface area contributed by atoms with Crippen LogP contribution < -0.4 is 0 Å². The molecule has 1 aromatic rings. The zero-order chi connectivity index (χ0) is 14.6. The van der Waals surface area contributed by atoms with E-state index < -0.39 is 29.4 Å². The van der Waals surface area contributed by atoms with Crippen LogP contribution in [-0.4, -0.2) is 28.4 Å². The van der Waals surface area contributed by atoms with Gasteiger partial charge in [-0.2, -0.15) is 0 Å². The summed E-state index contributed by atoms with van der Waals surface area (Å²) in [5, 5.41) is 8.78. The molecule has 0 aliphatic heterocycles. The van der Waals surface area contributed by atoms with E-state index in [0.717, 1.165) is 17.0 Å². The molecule has 0 spiro atoms. The first kappa shape index (κ1) is 15.1. The predicted molar refractivity (Wildman–Crippen MR) is 64.2 cm³/mol. The van der Waals surface area contributed by atoms with Gasteiger partial charge in [-0.05, 0) is 26.0 Å². The standard InChI is InChI=1S/C13H15F2NO3/c1-3-16(12(17)8(2)13(18)19)7-9-10(14)5-4-6-11(9)15/h4-6,8H,3,7H2,1-2H3,(H,18,19). The number of benzene rings is 1. The number of rotatable bonds is 5. The molecule has 104 valence electrons. The number of halogens is 2. The molecular formula is C13H15F2NO3. The Kier molecular flexibility index (Phi) is 4.97. The van der Waals surface area contributed by atoms with Crippen molar-refractivity contribution in [2.75, 3.05) is 6.54 Å². The van der Waals surface area contributed by atoms with Gasteiger partial charge < -0.3 is 10.0 Å². The van der Waals surface area contributed by atoms with E-state index in [-0.39, 0.29) is 18.7 Å². The fourth-order valence-corrected chi connectivity index (χ4v) is 1.60. The van der Waals surface area contributed by atoms with Crippen molar-refractivity contribution in [3.8, 4) is 0 Å². The minimum Gasteiger partial charge on any atom is -0.481 e. The van der Waals surface area contributed by atoms with E-state index in [2.05, 4.69) is 0 Å². The van der Waals surface area contributed by atoms with Gasteiger partial charge in [0.2, 0.25) is 5.91 Å². The summed E-state index contributed by atoms with van der Waals surface area (Å²) in [6.07, 6.45) is 0. The number of carbonyl (C=O) groups is 2. The van der Waals surface area contributed by atoms with Gasteiger partial charge in [-0.1, -0.05) is 6.07 Å². The molecule has 19 heavy (non-hydrogen) atoms. The van der Waals surface area contributed by atoms with E-state index in [9.17, 15) is 18.4 Å². The van der Waals surface area contributed by atoms with E-state index in [1.54, 1.807) is 6.92 Å². The number of carboxylic acids is 1. The first-order valence-corrected chi connectivity index (χ1v) is 5.83. The van der Waals surface area contributed by atoms with Crippen molar-refractivity contribution in [3.63, 3.8) is 0 Å². The highest BCUT2D eigenvalue weighted by atomic mass is 19.1. The zero-order valence-corrected chi connectivity index (χ0v) is 10.7. The van der Waals surface area contributed by atoms with Gasteiger partial charge >= 0.3 is 5.97 Å². The van der Waals surface area contributed by atoms with Gasteiger partial charge in [0.15, 0.2) is 0 Å². The van der Waals surface area contributed by atoms with Gasteiger partial charge in [0, 0.05) is 12.1 Å². The Labute approximate surface area is 109 Å². The maximum Gasteiger partial charge on any atom is 0.315 e. The Hall–Kier alpha value is -1.98. The summed E-state index contributed by atoms with van der Waals surface area (Å²) in [6.45, 7) is 2.74. The molecule has 0 heterocycles. The van der Waals surface area contributed by atoms with Gasteiger partial charge in [-0.15, -0.1) is 0 Å². The molecule has 0 aliphatic carbocycles. The van der Waals surface area contributed by atoms with Crippen molar-refractivity contribution in [2.24, 2.45) is 5.92 Å². The van der Waals surface area contributed by atoms with Gasteiger partial charge in [-0.3, -0.25) is 9.59 Å². The first-order valence-electron chi connectivity index (χ1n) is 5.83. The highest BCUT2D eigenvalue weighted by molar-refractivity contribution is 5.96. The third kappa shape index (κ3) is 3.49. The summed E-state index contributed by atoms with van der Waals surface area (Å²) in [6, 6.07) is 3.42. The van der Waals surface area contributed by atoms with Gasteiger partial charge in [0.05, 0.1) is 6.54 Å². The van der Waals surface area contributed by atoms with E-state index >= 15 is 0 Å². The average Bonchev–Trinajstić information content (AvgIpc) is 2.37. The van der Waals surface area contributed by atoms with Crippen molar-refractivity contribution >= 4 is 11.9 Å². The third-order valence-corrected chi connectivity index (χ3v) is 2.84. The second kappa shape index (κ2) is 6.26. The molecule has 1 amide bonds. The highest BCUT2D eigenvalue weighted by Crippen LogP contribution is 2.16. The summed E-state index contributed by atoms with van der Waals surface area (Å²) in [7, 11) is 0. The third-order valence-electron chi connectivity index (χ3n) is 2.84. The van der Waals surface area contributed by atoms with Gasteiger partial charge in [0.25, 0.3) is 0 Å². The van der Waals surface area contributed by atoms with Crippen LogP contribution in [0.1, 0.15) is 19.4 Å². The Bertz CT molecular complexity index is 471. The Morgan fingerprint density at radius 1 is 1.32 bits per heavy atom. The number of hydrogen-bond acceptors (Lipinski definition) is 2. The number of aliphatic carboxylic acids is 1. The molecule has 0 radical (unpaired) electrons. The fraction of sp³-hybridized carbons (Fsp3) is 0.385. The van der Waals surface area contributed by atoms with Crippen molar-refractivity contribution < 1.29 is 23.5 Å². The summed E-state index contributed by atoms with van der Waals surface area (Å²) in [5.74, 6) is -4.69. The van der Waals surface area contributed by atoms with Crippen LogP contribution >= 0.6 is 0 Å². The molecule has 1 unspecified atom stereocenters. The van der Waals surface area contributed by atoms with Crippen LogP contribution in [0.25, 0.3) is 0 Å². The number of carbonyl (C=O) groups excluding carboxylic acids is 1. The molecule has 4 nitrogen and oxygen atoms in total. The topological polar surface area (TPSA) is 57.6 Å². The number of amides is 1. The summed E-state index contributed by atoms with van der Waals surface area (Å²) in [5.41, 5.74) is -0.240. The van der Waals surface area contributed by atoms with Crippen LogP contribution in [0.5, 0.6) is 0 Å².